The van der Waals surface area contributed by atoms with Gasteiger partial charge in [0.25, 0.3) is 0 Å². The van der Waals surface area contributed by atoms with E-state index in [1.165, 1.54) is 53.6 Å². The third-order valence-corrected chi connectivity index (χ3v) is 6.91. The molecule has 2 saturated heterocycles. The molecule has 0 N–H and O–H groups in total. The van der Waals surface area contributed by atoms with Crippen molar-refractivity contribution in [3.05, 3.63) is 96.5 Å². The Bertz CT molecular complexity index is 966. The summed E-state index contributed by atoms with van der Waals surface area (Å²) in [4.78, 5) is 2.45. The van der Waals surface area contributed by atoms with Crippen molar-refractivity contribution >= 4 is 5.69 Å². The van der Waals surface area contributed by atoms with Gasteiger partial charge in [0, 0.05) is 16.6 Å². The van der Waals surface area contributed by atoms with E-state index in [9.17, 15) is 0 Å². The van der Waals surface area contributed by atoms with Crippen molar-refractivity contribution in [2.45, 2.75) is 50.5 Å². The summed E-state index contributed by atoms with van der Waals surface area (Å²) >= 11 is 0. The van der Waals surface area contributed by atoms with Crippen molar-refractivity contribution < 1.29 is 0 Å². The zero-order valence-corrected chi connectivity index (χ0v) is 16.8. The first-order valence-electron chi connectivity index (χ1n) is 10.4. The van der Waals surface area contributed by atoms with Crippen LogP contribution in [-0.4, -0.2) is 5.54 Å². The molecular weight excluding hydrogens is 338 g/mol. The summed E-state index contributed by atoms with van der Waals surface area (Å²) in [5.41, 5.74) is 6.92. The van der Waals surface area contributed by atoms with Crippen LogP contribution in [0.4, 0.5) is 5.69 Å². The summed E-state index contributed by atoms with van der Waals surface area (Å²) in [5, 5.41) is 0. The van der Waals surface area contributed by atoms with E-state index in [-0.39, 0.29) is 11.0 Å². The molecule has 0 unspecified atom stereocenters. The quantitative estimate of drug-likeness (QED) is 0.494. The Morgan fingerprint density at radius 3 is 2.04 bits per heavy atom. The van der Waals surface area contributed by atoms with Crippen molar-refractivity contribution in [3.63, 3.8) is 0 Å². The minimum absolute atomic E-state index is 0.0346. The fourth-order valence-corrected chi connectivity index (χ4v) is 5.19. The van der Waals surface area contributed by atoms with E-state index in [1.54, 1.807) is 0 Å². The molecule has 1 saturated carbocycles. The molecule has 1 heteroatoms. The summed E-state index contributed by atoms with van der Waals surface area (Å²) in [6, 6.07) is 28.5. The Balaban J connectivity index is 1.52. The van der Waals surface area contributed by atoms with E-state index < -0.39 is 0 Å². The molecule has 28 heavy (non-hydrogen) atoms. The molecule has 2 bridgehead atoms. The Morgan fingerprint density at radius 1 is 0.750 bits per heavy atom. The Morgan fingerprint density at radius 2 is 1.39 bits per heavy atom. The number of para-hydroxylation sites is 1. The number of piperidine rings is 2. The van der Waals surface area contributed by atoms with Crippen LogP contribution in [0.5, 0.6) is 0 Å². The maximum atomic E-state index is 3.97. The van der Waals surface area contributed by atoms with E-state index >= 15 is 0 Å². The van der Waals surface area contributed by atoms with Crippen LogP contribution in [0, 0.1) is 13.5 Å². The molecule has 2 heterocycles. The Hall–Kier alpha value is -2.54. The van der Waals surface area contributed by atoms with E-state index in [2.05, 4.69) is 104 Å². The second-order valence-corrected chi connectivity index (χ2v) is 8.76. The average molecular weight is 366 g/mol. The standard InChI is InChI=1S/C27H27N/c1-21-19-23(22-9-5-3-6-10-22)13-14-25(21)27-17-15-26(2,16-18-27)28(20-27)24-11-7-4-8-12-24/h3-14,19H,15-18H2,1-2H3. The van der Waals surface area contributed by atoms with Crippen molar-refractivity contribution in [1.82, 2.24) is 0 Å². The third kappa shape index (κ3) is 2.76. The molecule has 0 aromatic heterocycles. The minimum Gasteiger partial charge on any atom is -0.355 e. The van der Waals surface area contributed by atoms with Gasteiger partial charge in [-0.3, -0.25) is 0 Å². The third-order valence-electron chi connectivity index (χ3n) is 6.91. The van der Waals surface area contributed by atoms with Crippen LogP contribution < -0.4 is 4.90 Å². The highest BCUT2D eigenvalue weighted by Gasteiger charge is 2.52. The molecule has 1 aliphatic carbocycles. The van der Waals surface area contributed by atoms with E-state index in [1.807, 2.05) is 0 Å². The molecule has 3 fully saturated rings. The highest BCUT2D eigenvalue weighted by atomic mass is 15.2. The maximum absolute atomic E-state index is 3.97. The van der Waals surface area contributed by atoms with Gasteiger partial charge < -0.3 is 4.90 Å². The molecule has 2 radical (unpaired) electrons. The van der Waals surface area contributed by atoms with Gasteiger partial charge in [-0.1, -0.05) is 66.7 Å². The van der Waals surface area contributed by atoms with Gasteiger partial charge in [-0.05, 0) is 73.9 Å². The predicted octanol–water partition coefficient (Wildman–Crippen LogP) is 6.79. The second kappa shape index (κ2) is 6.51. The molecule has 0 spiro atoms. The maximum Gasteiger partial charge on any atom is 0.103 e. The Labute approximate surface area is 169 Å². The summed E-state index contributed by atoms with van der Waals surface area (Å²) in [5.74, 6) is 0. The van der Waals surface area contributed by atoms with Gasteiger partial charge in [0.15, 0.2) is 0 Å². The number of aryl methyl sites for hydroxylation is 1. The lowest BCUT2D eigenvalue weighted by molar-refractivity contribution is 0.171. The first kappa shape index (κ1) is 17.6. The fraction of sp³-hybridized carbons (Fsp3) is 0.296. The van der Waals surface area contributed by atoms with Gasteiger partial charge in [0.1, 0.15) is 6.54 Å². The number of anilines is 1. The molecule has 6 rings (SSSR count). The molecule has 3 aromatic rings. The van der Waals surface area contributed by atoms with E-state index in [4.69, 9.17) is 0 Å². The summed E-state index contributed by atoms with van der Waals surface area (Å²) in [6.07, 6.45) is 4.82. The van der Waals surface area contributed by atoms with Crippen LogP contribution in [0.1, 0.15) is 43.7 Å². The van der Waals surface area contributed by atoms with Gasteiger partial charge in [-0.15, -0.1) is 0 Å². The first-order chi connectivity index (χ1) is 13.6. The van der Waals surface area contributed by atoms with Gasteiger partial charge in [-0.25, -0.2) is 0 Å². The number of hydrogen-bond acceptors (Lipinski definition) is 1. The first-order valence-corrected chi connectivity index (χ1v) is 10.4. The smallest absolute Gasteiger partial charge is 0.103 e. The second-order valence-electron chi connectivity index (χ2n) is 8.76. The average Bonchev–Trinajstić information content (AvgIpc) is 2.75. The van der Waals surface area contributed by atoms with Crippen LogP contribution in [0.2, 0.25) is 0 Å². The number of nitrogens with zero attached hydrogens (tertiary/aromatic N) is 1. The molecule has 3 aromatic carbocycles. The normalized spacial score (nSPS) is 26.4. The van der Waals surface area contributed by atoms with Crippen LogP contribution in [0.3, 0.4) is 0 Å². The minimum atomic E-state index is 0.0346. The molecule has 140 valence electrons. The van der Waals surface area contributed by atoms with Crippen molar-refractivity contribution in [3.8, 4) is 11.1 Å². The lowest BCUT2D eigenvalue weighted by Crippen LogP contribution is -2.60. The summed E-state index contributed by atoms with van der Waals surface area (Å²) in [7, 11) is 0. The number of benzene rings is 3. The SMILES string of the molecule is Cc1cc(-c2ccccc2)ccc1C12[C]N(c3ccccc3)C(C)(CC1)CC2. The monoisotopic (exact) mass is 365 g/mol. The Kier molecular flexibility index (Phi) is 4.08. The van der Waals surface area contributed by atoms with Crippen molar-refractivity contribution in [1.29, 1.82) is 0 Å². The highest BCUT2D eigenvalue weighted by Crippen LogP contribution is 2.55. The van der Waals surface area contributed by atoms with E-state index in [0.29, 0.717) is 0 Å². The molecule has 2 aliphatic heterocycles. The number of fused-ring (bicyclic) bond motifs is 3. The zero-order chi connectivity index (χ0) is 19.2. The van der Waals surface area contributed by atoms with Crippen molar-refractivity contribution in [2.75, 3.05) is 4.90 Å². The van der Waals surface area contributed by atoms with Crippen LogP contribution in [0.25, 0.3) is 11.1 Å². The number of hydrogen-bond donors (Lipinski definition) is 0. The fourth-order valence-electron chi connectivity index (χ4n) is 5.19. The zero-order valence-electron chi connectivity index (χ0n) is 16.8. The molecular formula is C27H27N. The number of rotatable bonds is 3. The van der Waals surface area contributed by atoms with Gasteiger partial charge in [-0.2, -0.15) is 0 Å². The predicted molar refractivity (Wildman–Crippen MR) is 117 cm³/mol. The summed E-state index contributed by atoms with van der Waals surface area (Å²) in [6.45, 7) is 8.65. The molecule has 0 amide bonds. The van der Waals surface area contributed by atoms with Gasteiger partial charge in [0.2, 0.25) is 0 Å². The van der Waals surface area contributed by atoms with Crippen LogP contribution in [-0.2, 0) is 5.41 Å². The van der Waals surface area contributed by atoms with E-state index in [0.717, 1.165) is 0 Å². The molecule has 3 aliphatic rings. The topological polar surface area (TPSA) is 3.24 Å². The van der Waals surface area contributed by atoms with Gasteiger partial charge >= 0.3 is 0 Å². The van der Waals surface area contributed by atoms with Gasteiger partial charge in [0.05, 0.1) is 0 Å². The van der Waals surface area contributed by atoms with Crippen LogP contribution >= 0.6 is 0 Å². The van der Waals surface area contributed by atoms with Crippen molar-refractivity contribution in [2.24, 2.45) is 0 Å². The van der Waals surface area contributed by atoms with Crippen LogP contribution in [0.15, 0.2) is 78.9 Å². The largest absolute Gasteiger partial charge is 0.355 e. The molecule has 1 nitrogen and oxygen atoms in total. The molecule has 0 atom stereocenters. The highest BCUT2D eigenvalue weighted by molar-refractivity contribution is 5.66. The summed E-state index contributed by atoms with van der Waals surface area (Å²) < 4.78 is 0. The lowest BCUT2D eigenvalue weighted by atomic mass is 9.59. The lowest BCUT2D eigenvalue weighted by Gasteiger charge is -2.59.